The van der Waals surface area contributed by atoms with Gasteiger partial charge in [-0.25, -0.2) is 13.5 Å². The molecule has 1 aromatic carbocycles. The third kappa shape index (κ3) is 4.06. The Bertz CT molecular complexity index is 1240. The van der Waals surface area contributed by atoms with Crippen molar-refractivity contribution in [2.24, 2.45) is 0 Å². The molecule has 0 fully saturated rings. The average molecular weight is 427 g/mol. The molecule has 1 N–H and O–H groups in total. The highest BCUT2D eigenvalue weighted by Gasteiger charge is 2.15. The average Bonchev–Trinajstić information content (AvgIpc) is 3.38. The molecule has 0 radical (unpaired) electrons. The first-order valence-electron chi connectivity index (χ1n) is 8.83. The highest BCUT2D eigenvalue weighted by molar-refractivity contribution is 7.14. The van der Waals surface area contributed by atoms with Crippen LogP contribution in [0.15, 0.2) is 36.5 Å². The predicted octanol–water partition coefficient (Wildman–Crippen LogP) is 3.01. The van der Waals surface area contributed by atoms with Crippen LogP contribution in [0.2, 0.25) is 0 Å². The van der Waals surface area contributed by atoms with E-state index in [2.05, 4.69) is 30.8 Å². The summed E-state index contributed by atoms with van der Waals surface area (Å²) in [7, 11) is 0. The number of carbonyl (C=O) groups excluding carboxylic acids is 1. The fourth-order valence-corrected chi connectivity index (χ4v) is 3.50. The van der Waals surface area contributed by atoms with E-state index in [1.165, 1.54) is 28.3 Å². The van der Waals surface area contributed by atoms with Crippen LogP contribution in [0, 0.1) is 25.5 Å². The number of benzene rings is 1. The molecule has 0 aliphatic carbocycles. The smallest absolute Gasteiger partial charge is 0.273 e. The third-order valence-electron chi connectivity index (χ3n) is 4.20. The first kappa shape index (κ1) is 19.7. The molecule has 3 heterocycles. The molecule has 0 bridgehead atoms. The number of pyridine rings is 1. The molecule has 4 aromatic rings. The molecule has 8 nitrogen and oxygen atoms in total. The number of hydrogen-bond acceptors (Lipinski definition) is 7. The second kappa shape index (κ2) is 8.03. The van der Waals surface area contributed by atoms with Gasteiger partial charge in [-0.15, -0.1) is 15.3 Å². The molecule has 0 unspecified atom stereocenters. The number of nitrogens with zero attached hydrogens (tertiary/aromatic N) is 6. The van der Waals surface area contributed by atoms with Gasteiger partial charge in [-0.3, -0.25) is 9.78 Å². The third-order valence-corrected chi connectivity index (χ3v) is 5.18. The number of aromatic nitrogens is 6. The molecule has 1 amide bonds. The highest BCUT2D eigenvalue weighted by Crippen LogP contribution is 2.25. The van der Waals surface area contributed by atoms with E-state index in [9.17, 15) is 13.6 Å². The Morgan fingerprint density at radius 1 is 1.10 bits per heavy atom. The Balaban J connectivity index is 1.42. The van der Waals surface area contributed by atoms with Crippen molar-refractivity contribution in [1.29, 1.82) is 0 Å². The van der Waals surface area contributed by atoms with Gasteiger partial charge in [0.25, 0.3) is 5.91 Å². The molecular weight excluding hydrogens is 412 g/mol. The Morgan fingerprint density at radius 3 is 2.70 bits per heavy atom. The lowest BCUT2D eigenvalue weighted by Crippen LogP contribution is -2.23. The Labute approximate surface area is 173 Å². The van der Waals surface area contributed by atoms with Crippen LogP contribution in [-0.4, -0.2) is 36.1 Å². The second-order valence-corrected chi connectivity index (χ2v) is 7.48. The number of carbonyl (C=O) groups is 1. The molecule has 0 aliphatic rings. The zero-order chi connectivity index (χ0) is 21.3. The molecule has 0 spiro atoms. The number of aryl methyl sites for hydroxylation is 2. The van der Waals surface area contributed by atoms with Crippen molar-refractivity contribution in [2.75, 3.05) is 0 Å². The van der Waals surface area contributed by atoms with Crippen LogP contribution in [0.1, 0.15) is 26.9 Å². The number of amides is 1. The van der Waals surface area contributed by atoms with Crippen LogP contribution in [0.25, 0.3) is 16.3 Å². The van der Waals surface area contributed by atoms with E-state index < -0.39 is 17.5 Å². The van der Waals surface area contributed by atoms with E-state index in [1.807, 2.05) is 26.0 Å². The SMILES string of the molecule is Cc1ccc(-n2cc(C(=O)NCc3nnc(-c4ccc(F)c(F)c4)s3)nn2)c(C)n1. The molecule has 0 aliphatic heterocycles. The van der Waals surface area contributed by atoms with Crippen molar-refractivity contribution in [3.05, 3.63) is 70.3 Å². The maximum absolute atomic E-state index is 13.4. The van der Waals surface area contributed by atoms with Crippen molar-refractivity contribution >= 4 is 17.2 Å². The van der Waals surface area contributed by atoms with Gasteiger partial charge in [0.1, 0.15) is 10.0 Å². The lowest BCUT2D eigenvalue weighted by molar-refractivity contribution is 0.0945. The normalized spacial score (nSPS) is 10.9. The van der Waals surface area contributed by atoms with Gasteiger partial charge in [0, 0.05) is 11.3 Å². The predicted molar refractivity (Wildman–Crippen MR) is 105 cm³/mol. The first-order chi connectivity index (χ1) is 14.4. The van der Waals surface area contributed by atoms with Crippen LogP contribution >= 0.6 is 11.3 Å². The Hall–Kier alpha value is -3.60. The zero-order valence-electron chi connectivity index (χ0n) is 15.9. The molecule has 0 atom stereocenters. The van der Waals surface area contributed by atoms with E-state index in [0.29, 0.717) is 15.6 Å². The largest absolute Gasteiger partial charge is 0.344 e. The summed E-state index contributed by atoms with van der Waals surface area (Å²) in [5.41, 5.74) is 2.93. The zero-order valence-corrected chi connectivity index (χ0v) is 16.7. The quantitative estimate of drug-likeness (QED) is 0.526. The van der Waals surface area contributed by atoms with Crippen LogP contribution in [0.3, 0.4) is 0 Å². The number of nitrogens with one attached hydrogen (secondary N) is 1. The van der Waals surface area contributed by atoms with Crippen LogP contribution in [0.4, 0.5) is 8.78 Å². The summed E-state index contributed by atoms with van der Waals surface area (Å²) in [6.45, 7) is 3.85. The lowest BCUT2D eigenvalue weighted by Gasteiger charge is -2.04. The topological polar surface area (TPSA) is 98.5 Å². The van der Waals surface area contributed by atoms with E-state index in [4.69, 9.17) is 0 Å². The molecule has 0 saturated carbocycles. The van der Waals surface area contributed by atoms with Gasteiger partial charge >= 0.3 is 0 Å². The molecule has 30 heavy (non-hydrogen) atoms. The Kier molecular flexibility index (Phi) is 5.27. The summed E-state index contributed by atoms with van der Waals surface area (Å²) >= 11 is 1.17. The van der Waals surface area contributed by atoms with Gasteiger partial charge < -0.3 is 5.32 Å². The number of hydrogen-bond donors (Lipinski definition) is 1. The van der Waals surface area contributed by atoms with Gasteiger partial charge in [0.2, 0.25) is 0 Å². The van der Waals surface area contributed by atoms with Crippen molar-refractivity contribution in [1.82, 2.24) is 35.5 Å². The molecule has 152 valence electrons. The van der Waals surface area contributed by atoms with Crippen molar-refractivity contribution in [3.63, 3.8) is 0 Å². The summed E-state index contributed by atoms with van der Waals surface area (Å²) in [6.07, 6.45) is 1.52. The summed E-state index contributed by atoms with van der Waals surface area (Å²) in [5, 5.41) is 19.4. The standard InChI is InChI=1S/C19H15F2N7OS/c1-10-3-6-16(11(2)23-10)28-9-15(24-27-28)18(29)22-8-17-25-26-19(30-17)12-4-5-13(20)14(21)7-12/h3-7,9H,8H2,1-2H3,(H,22,29). The number of halogens is 2. The summed E-state index contributed by atoms with van der Waals surface area (Å²) in [4.78, 5) is 16.8. The molecule has 4 rings (SSSR count). The fourth-order valence-electron chi connectivity index (χ4n) is 2.72. The maximum Gasteiger partial charge on any atom is 0.273 e. The van der Waals surface area contributed by atoms with Gasteiger partial charge in [-0.1, -0.05) is 16.6 Å². The summed E-state index contributed by atoms with van der Waals surface area (Å²) in [6, 6.07) is 7.21. The Morgan fingerprint density at radius 2 is 1.93 bits per heavy atom. The van der Waals surface area contributed by atoms with E-state index in [1.54, 1.807) is 0 Å². The first-order valence-corrected chi connectivity index (χ1v) is 9.65. The monoisotopic (exact) mass is 427 g/mol. The molecular formula is C19H15F2N7OS. The number of rotatable bonds is 5. The van der Waals surface area contributed by atoms with Gasteiger partial charge in [-0.05, 0) is 44.2 Å². The van der Waals surface area contributed by atoms with Gasteiger partial charge in [0.05, 0.1) is 24.1 Å². The van der Waals surface area contributed by atoms with Crippen LogP contribution in [0.5, 0.6) is 0 Å². The summed E-state index contributed by atoms with van der Waals surface area (Å²) < 4.78 is 27.9. The van der Waals surface area contributed by atoms with Gasteiger partial charge in [-0.2, -0.15) is 0 Å². The van der Waals surface area contributed by atoms with Crippen molar-refractivity contribution < 1.29 is 13.6 Å². The van der Waals surface area contributed by atoms with Crippen LogP contribution in [-0.2, 0) is 6.54 Å². The van der Waals surface area contributed by atoms with Crippen molar-refractivity contribution in [2.45, 2.75) is 20.4 Å². The van der Waals surface area contributed by atoms with E-state index in [-0.39, 0.29) is 12.2 Å². The minimum Gasteiger partial charge on any atom is -0.344 e. The molecule has 11 heteroatoms. The maximum atomic E-state index is 13.4. The minimum atomic E-state index is -0.959. The second-order valence-electron chi connectivity index (χ2n) is 6.42. The van der Waals surface area contributed by atoms with E-state index in [0.717, 1.165) is 29.2 Å². The minimum absolute atomic E-state index is 0.109. The highest BCUT2D eigenvalue weighted by atomic mass is 32.1. The van der Waals surface area contributed by atoms with Crippen LogP contribution < -0.4 is 5.32 Å². The molecule has 0 saturated heterocycles. The summed E-state index contributed by atoms with van der Waals surface area (Å²) in [5.74, 6) is -2.32. The van der Waals surface area contributed by atoms with Gasteiger partial charge in [0.15, 0.2) is 17.3 Å². The lowest BCUT2D eigenvalue weighted by atomic mass is 10.2. The van der Waals surface area contributed by atoms with E-state index >= 15 is 0 Å². The van der Waals surface area contributed by atoms with Crippen molar-refractivity contribution in [3.8, 4) is 16.3 Å². The molecule has 3 aromatic heterocycles. The fraction of sp³-hybridized carbons (Fsp3) is 0.158.